The Hall–Kier alpha value is -3.28. The fourth-order valence-electron chi connectivity index (χ4n) is 10.6. The molecule has 2 saturated carbocycles. The maximum Gasteiger partial charge on any atom is 0.309 e. The van der Waals surface area contributed by atoms with Gasteiger partial charge >= 0.3 is 11.9 Å². The molecular weight excluding hydrogens is 793 g/mol. The van der Waals surface area contributed by atoms with Crippen LogP contribution in [0.1, 0.15) is 219 Å². The van der Waals surface area contributed by atoms with Crippen molar-refractivity contribution in [2.75, 3.05) is 26.4 Å². The van der Waals surface area contributed by atoms with Gasteiger partial charge < -0.3 is 18.9 Å². The van der Waals surface area contributed by atoms with Crippen LogP contribution in [0.5, 0.6) is 11.5 Å². The molecule has 0 N–H and O–H groups in total. The standard InChI is InChI=1S/C58H90O6/c1-3-5-7-9-11-13-15-17-19-21-27-47-33-37-49(38-34-47)45-63-55(59)41-43-61-57-51-29-23-25-31-53(51)58(54-32-26-24-30-52(54)57)62-44-42-56(60)64-46-50-39-35-48(36-40-50)28-22-20-18-16-14-12-10-8-6-4-2/h23-26,29-32,47-50H,3-22,27-28,33-46H2,1-2H3. The fourth-order valence-corrected chi connectivity index (χ4v) is 10.6. The van der Waals surface area contributed by atoms with Crippen LogP contribution in [0, 0.1) is 23.7 Å². The van der Waals surface area contributed by atoms with Crippen LogP contribution in [0.2, 0.25) is 0 Å². The second-order valence-electron chi connectivity index (χ2n) is 20.0. The highest BCUT2D eigenvalue weighted by atomic mass is 16.5. The van der Waals surface area contributed by atoms with E-state index in [1.807, 2.05) is 48.5 Å². The summed E-state index contributed by atoms with van der Waals surface area (Å²) in [5, 5.41) is 3.69. The Balaban J connectivity index is 0.953. The molecular formula is C58H90O6. The lowest BCUT2D eigenvalue weighted by atomic mass is 9.80. The highest BCUT2D eigenvalue weighted by Crippen LogP contribution is 2.43. The van der Waals surface area contributed by atoms with E-state index < -0.39 is 0 Å². The smallest absolute Gasteiger partial charge is 0.309 e. The van der Waals surface area contributed by atoms with Crippen molar-refractivity contribution in [1.29, 1.82) is 0 Å². The predicted molar refractivity (Wildman–Crippen MR) is 267 cm³/mol. The third-order valence-electron chi connectivity index (χ3n) is 14.8. The number of carbonyl (C=O) groups excluding carboxylic acids is 2. The van der Waals surface area contributed by atoms with Crippen LogP contribution in [0.15, 0.2) is 48.5 Å². The Morgan fingerprint density at radius 1 is 0.406 bits per heavy atom. The summed E-state index contributed by atoms with van der Waals surface area (Å²) in [6.07, 6.45) is 40.8. The molecule has 358 valence electrons. The molecule has 2 fully saturated rings. The van der Waals surface area contributed by atoms with Crippen molar-refractivity contribution in [3.05, 3.63) is 48.5 Å². The van der Waals surface area contributed by atoms with Crippen molar-refractivity contribution in [3.8, 4) is 11.5 Å². The molecule has 0 aromatic heterocycles. The molecule has 0 aliphatic heterocycles. The van der Waals surface area contributed by atoms with Crippen molar-refractivity contribution in [2.24, 2.45) is 23.7 Å². The first-order valence-electron chi connectivity index (χ1n) is 27.1. The van der Waals surface area contributed by atoms with Gasteiger partial charge in [0.15, 0.2) is 0 Å². The second kappa shape index (κ2) is 31.6. The van der Waals surface area contributed by atoms with Gasteiger partial charge in [0.05, 0.1) is 39.3 Å². The van der Waals surface area contributed by atoms with Gasteiger partial charge in [-0.15, -0.1) is 0 Å². The summed E-state index contributed by atoms with van der Waals surface area (Å²) < 4.78 is 24.4. The largest absolute Gasteiger partial charge is 0.492 e. The van der Waals surface area contributed by atoms with Crippen LogP contribution in [0.25, 0.3) is 21.5 Å². The number of hydrogen-bond acceptors (Lipinski definition) is 6. The van der Waals surface area contributed by atoms with Crippen molar-refractivity contribution in [1.82, 2.24) is 0 Å². The summed E-state index contributed by atoms with van der Waals surface area (Å²) in [5.74, 6) is 3.74. The quantitative estimate of drug-likeness (QED) is 0.0338. The first-order chi connectivity index (χ1) is 31.6. The van der Waals surface area contributed by atoms with Gasteiger partial charge in [0, 0.05) is 21.5 Å². The average molecular weight is 883 g/mol. The number of hydrogen-bond donors (Lipinski definition) is 0. The molecule has 0 radical (unpaired) electrons. The monoisotopic (exact) mass is 883 g/mol. The summed E-state index contributed by atoms with van der Waals surface area (Å²) in [6.45, 7) is 6.10. The predicted octanol–water partition coefficient (Wildman–Crippen LogP) is 16.9. The Kier molecular flexibility index (Phi) is 25.5. The second-order valence-corrected chi connectivity index (χ2v) is 20.0. The lowest BCUT2D eigenvalue weighted by Crippen LogP contribution is -2.21. The van der Waals surface area contributed by atoms with Crippen LogP contribution in [-0.2, 0) is 19.1 Å². The molecule has 5 rings (SSSR count). The Morgan fingerprint density at radius 2 is 0.688 bits per heavy atom. The van der Waals surface area contributed by atoms with Crippen molar-refractivity contribution < 1.29 is 28.5 Å². The van der Waals surface area contributed by atoms with E-state index in [4.69, 9.17) is 18.9 Å². The van der Waals surface area contributed by atoms with Crippen molar-refractivity contribution in [2.45, 2.75) is 219 Å². The van der Waals surface area contributed by atoms with E-state index in [1.54, 1.807) is 0 Å². The fraction of sp³-hybridized carbons (Fsp3) is 0.724. The number of carbonyl (C=O) groups is 2. The molecule has 0 amide bonds. The molecule has 2 aliphatic rings. The van der Waals surface area contributed by atoms with E-state index in [0.717, 1.165) is 44.9 Å². The van der Waals surface area contributed by atoms with Crippen LogP contribution >= 0.6 is 0 Å². The van der Waals surface area contributed by atoms with Gasteiger partial charge in [-0.25, -0.2) is 0 Å². The summed E-state index contributed by atoms with van der Waals surface area (Å²) in [4.78, 5) is 25.8. The molecule has 2 aliphatic carbocycles. The summed E-state index contributed by atoms with van der Waals surface area (Å²) in [5.41, 5.74) is 0. The lowest BCUT2D eigenvalue weighted by molar-refractivity contribution is -0.147. The van der Waals surface area contributed by atoms with E-state index >= 15 is 0 Å². The van der Waals surface area contributed by atoms with Gasteiger partial charge in [0.25, 0.3) is 0 Å². The maximum absolute atomic E-state index is 12.9. The minimum Gasteiger partial charge on any atom is -0.492 e. The molecule has 6 heteroatoms. The van der Waals surface area contributed by atoms with Gasteiger partial charge in [-0.1, -0.05) is 229 Å². The number of unbranched alkanes of at least 4 members (excludes halogenated alkanes) is 18. The van der Waals surface area contributed by atoms with Crippen LogP contribution in [0.3, 0.4) is 0 Å². The Labute approximate surface area is 390 Å². The molecule has 3 aromatic rings. The van der Waals surface area contributed by atoms with Gasteiger partial charge in [0.2, 0.25) is 0 Å². The third kappa shape index (κ3) is 19.3. The number of rotatable bonds is 34. The molecule has 0 unspecified atom stereocenters. The zero-order chi connectivity index (χ0) is 44.9. The normalized spacial score (nSPS) is 18.9. The zero-order valence-corrected chi connectivity index (χ0v) is 40.8. The highest BCUT2D eigenvalue weighted by Gasteiger charge is 2.24. The molecule has 3 aromatic carbocycles. The van der Waals surface area contributed by atoms with Crippen LogP contribution < -0.4 is 9.47 Å². The average Bonchev–Trinajstić information content (AvgIpc) is 3.32. The van der Waals surface area contributed by atoms with Crippen LogP contribution in [-0.4, -0.2) is 38.4 Å². The molecule has 6 nitrogen and oxygen atoms in total. The molecule has 0 spiro atoms. The number of fused-ring (bicyclic) bond motifs is 2. The first kappa shape index (κ1) is 51.7. The molecule has 0 bridgehead atoms. The minimum atomic E-state index is -0.194. The molecule has 0 heterocycles. The minimum absolute atomic E-state index is 0.194. The van der Waals surface area contributed by atoms with E-state index in [0.29, 0.717) is 25.0 Å². The summed E-state index contributed by atoms with van der Waals surface area (Å²) in [6, 6.07) is 16.1. The van der Waals surface area contributed by atoms with E-state index in [9.17, 15) is 9.59 Å². The van der Waals surface area contributed by atoms with Gasteiger partial charge in [-0.3, -0.25) is 9.59 Å². The van der Waals surface area contributed by atoms with Crippen molar-refractivity contribution >= 4 is 33.5 Å². The molecule has 0 saturated heterocycles. The summed E-state index contributed by atoms with van der Waals surface area (Å²) in [7, 11) is 0. The van der Waals surface area contributed by atoms with Gasteiger partial charge in [-0.2, -0.15) is 0 Å². The molecule has 64 heavy (non-hydrogen) atoms. The SMILES string of the molecule is CCCCCCCCCCCCC1CCC(COC(=O)CCOc2c3ccccc3c(OCCC(=O)OCC3CCC(CCCCCCCCCCCC)CC3)c3ccccc23)CC1. The van der Waals surface area contributed by atoms with E-state index in [1.165, 1.54) is 193 Å². The number of benzene rings is 3. The summed E-state index contributed by atoms with van der Waals surface area (Å²) >= 11 is 0. The first-order valence-corrected chi connectivity index (χ1v) is 27.1. The van der Waals surface area contributed by atoms with E-state index in [2.05, 4.69) is 13.8 Å². The highest BCUT2D eigenvalue weighted by molar-refractivity contribution is 6.11. The van der Waals surface area contributed by atoms with E-state index in [-0.39, 0.29) is 38.0 Å². The Morgan fingerprint density at radius 3 is 1.00 bits per heavy atom. The molecule has 0 atom stereocenters. The third-order valence-corrected chi connectivity index (χ3v) is 14.8. The maximum atomic E-state index is 12.9. The van der Waals surface area contributed by atoms with Crippen LogP contribution in [0.4, 0.5) is 0 Å². The lowest BCUT2D eigenvalue weighted by Gasteiger charge is -2.28. The zero-order valence-electron chi connectivity index (χ0n) is 40.8. The topological polar surface area (TPSA) is 71.1 Å². The van der Waals surface area contributed by atoms with Gasteiger partial charge in [0.1, 0.15) is 11.5 Å². The number of ether oxygens (including phenoxy) is 4. The van der Waals surface area contributed by atoms with Gasteiger partial charge in [-0.05, 0) is 49.4 Å². The Bertz CT molecular complexity index is 1520. The van der Waals surface area contributed by atoms with Crippen molar-refractivity contribution in [3.63, 3.8) is 0 Å². The number of esters is 2.